The topological polar surface area (TPSA) is 86.5 Å². The van der Waals surface area contributed by atoms with Crippen molar-refractivity contribution in [2.75, 3.05) is 18.5 Å². The molecule has 1 aliphatic carbocycles. The molecule has 6 rings (SSSR count). The van der Waals surface area contributed by atoms with Gasteiger partial charge in [0.2, 0.25) is 0 Å². The van der Waals surface area contributed by atoms with Gasteiger partial charge in [0.1, 0.15) is 24.0 Å². The number of nitrogens with zero attached hydrogens (tertiary/aromatic N) is 5. The van der Waals surface area contributed by atoms with Crippen molar-refractivity contribution >= 4 is 17.2 Å². The Bertz CT molecular complexity index is 1370. The van der Waals surface area contributed by atoms with Gasteiger partial charge >= 0.3 is 0 Å². The molecule has 4 aromatic rings. The van der Waals surface area contributed by atoms with Gasteiger partial charge in [-0.15, -0.1) is 0 Å². The van der Waals surface area contributed by atoms with Crippen LogP contribution < -0.4 is 10.1 Å². The van der Waals surface area contributed by atoms with E-state index in [1.807, 2.05) is 49.8 Å². The molecule has 2 fully saturated rings. The summed E-state index contributed by atoms with van der Waals surface area (Å²) in [6.07, 6.45) is 8.96. The van der Waals surface area contributed by atoms with Crippen molar-refractivity contribution in [3.8, 4) is 16.9 Å². The van der Waals surface area contributed by atoms with E-state index in [1.165, 1.54) is 19.3 Å². The fourth-order valence-corrected chi connectivity index (χ4v) is 5.23. The van der Waals surface area contributed by atoms with Gasteiger partial charge in [-0.2, -0.15) is 5.10 Å². The molecule has 4 aromatic heterocycles. The average molecular weight is 471 g/mol. The lowest BCUT2D eigenvalue weighted by atomic mass is 9.68. The van der Waals surface area contributed by atoms with E-state index in [1.54, 1.807) is 0 Å². The Kier molecular flexibility index (Phi) is 5.40. The minimum atomic E-state index is 0.157. The molecule has 0 bridgehead atoms. The Morgan fingerprint density at radius 2 is 1.97 bits per heavy atom. The number of fused-ring (bicyclic) bond motifs is 1. The number of ether oxygens (including phenoxy) is 2. The van der Waals surface area contributed by atoms with Crippen LogP contribution in [0, 0.1) is 26.2 Å². The zero-order chi connectivity index (χ0) is 24.0. The van der Waals surface area contributed by atoms with E-state index in [-0.39, 0.29) is 6.10 Å². The summed E-state index contributed by atoms with van der Waals surface area (Å²) < 4.78 is 14.2. The van der Waals surface area contributed by atoms with Gasteiger partial charge in [-0.1, -0.05) is 6.42 Å². The summed E-state index contributed by atoms with van der Waals surface area (Å²) in [4.78, 5) is 13.3. The molecule has 0 aromatic carbocycles. The second kappa shape index (κ2) is 8.61. The minimum Gasteiger partial charge on any atom is -0.489 e. The number of hydrogen-bond acceptors (Lipinski definition) is 7. The van der Waals surface area contributed by atoms with Crippen molar-refractivity contribution in [3.63, 3.8) is 0 Å². The molecule has 35 heavy (non-hydrogen) atoms. The fourth-order valence-electron chi connectivity index (χ4n) is 5.23. The number of hydrogen-bond donors (Lipinski definition) is 1. The molecule has 0 unspecified atom stereocenters. The maximum atomic E-state index is 6.27. The summed E-state index contributed by atoms with van der Waals surface area (Å²) in [7, 11) is 0. The van der Waals surface area contributed by atoms with Crippen molar-refractivity contribution < 1.29 is 9.47 Å². The molecule has 2 aliphatic rings. The van der Waals surface area contributed by atoms with Gasteiger partial charge in [0.15, 0.2) is 5.82 Å². The number of pyridine rings is 2. The van der Waals surface area contributed by atoms with Gasteiger partial charge in [-0.25, -0.2) is 14.5 Å². The smallest absolute Gasteiger partial charge is 0.154 e. The predicted octanol–water partition coefficient (Wildman–Crippen LogP) is 5.19. The summed E-state index contributed by atoms with van der Waals surface area (Å²) in [5.41, 5.74) is 5.33. The molecular formula is C27H30N6O2. The lowest BCUT2D eigenvalue weighted by molar-refractivity contribution is 0.0486. The number of nitrogens with one attached hydrogen (secondary N) is 1. The van der Waals surface area contributed by atoms with E-state index in [0.717, 1.165) is 64.3 Å². The van der Waals surface area contributed by atoms with Gasteiger partial charge in [0.05, 0.1) is 24.4 Å². The predicted molar refractivity (Wildman–Crippen MR) is 134 cm³/mol. The third-order valence-electron chi connectivity index (χ3n) is 7.13. The Labute approximate surface area is 204 Å². The summed E-state index contributed by atoms with van der Waals surface area (Å²) in [6, 6.07) is 10.2. The second-order valence-corrected chi connectivity index (χ2v) is 10.0. The molecule has 5 heterocycles. The van der Waals surface area contributed by atoms with E-state index in [4.69, 9.17) is 9.47 Å². The van der Waals surface area contributed by atoms with Crippen LogP contribution in [0.4, 0.5) is 11.6 Å². The Morgan fingerprint density at radius 1 is 1.09 bits per heavy atom. The Balaban J connectivity index is 1.23. The molecule has 0 radical (unpaired) electrons. The van der Waals surface area contributed by atoms with Gasteiger partial charge in [-0.05, 0) is 69.2 Å². The maximum absolute atomic E-state index is 6.27. The highest BCUT2D eigenvalue weighted by Crippen LogP contribution is 2.49. The van der Waals surface area contributed by atoms with Crippen molar-refractivity contribution in [3.05, 3.63) is 59.9 Å². The number of anilines is 2. The van der Waals surface area contributed by atoms with E-state index >= 15 is 0 Å². The van der Waals surface area contributed by atoms with Crippen LogP contribution >= 0.6 is 0 Å². The monoisotopic (exact) mass is 470 g/mol. The quantitative estimate of drug-likeness (QED) is 0.415. The Hall–Kier alpha value is -3.52. The SMILES string of the molecule is Cc1cc(-c2ccn3nc(Nc4cc(C)nc(C)n4)cc3c2)c(OC[C@@H]2CC3(CCC3)CO2)cn1. The first kappa shape index (κ1) is 22.0. The van der Waals surface area contributed by atoms with Crippen LogP contribution in [0.15, 0.2) is 42.7 Å². The van der Waals surface area contributed by atoms with Crippen LogP contribution in [0.1, 0.15) is 42.9 Å². The second-order valence-electron chi connectivity index (χ2n) is 10.0. The number of aromatic nitrogens is 5. The molecule has 1 atom stereocenters. The van der Waals surface area contributed by atoms with E-state index in [9.17, 15) is 0 Å². The van der Waals surface area contributed by atoms with Crippen molar-refractivity contribution in [2.45, 2.75) is 52.6 Å². The lowest BCUT2D eigenvalue weighted by Crippen LogP contribution is -2.30. The summed E-state index contributed by atoms with van der Waals surface area (Å²) >= 11 is 0. The number of rotatable bonds is 6. The molecule has 1 N–H and O–H groups in total. The zero-order valence-electron chi connectivity index (χ0n) is 20.4. The molecule has 1 spiro atoms. The molecule has 8 heteroatoms. The largest absolute Gasteiger partial charge is 0.489 e. The van der Waals surface area contributed by atoms with E-state index in [0.29, 0.717) is 12.0 Å². The average Bonchev–Trinajstić information content (AvgIpc) is 3.41. The van der Waals surface area contributed by atoms with Crippen molar-refractivity contribution in [1.82, 2.24) is 24.6 Å². The van der Waals surface area contributed by atoms with Gasteiger partial charge in [0, 0.05) is 35.3 Å². The third kappa shape index (κ3) is 4.46. The normalized spacial score (nSPS) is 18.7. The zero-order valence-corrected chi connectivity index (χ0v) is 20.4. The van der Waals surface area contributed by atoms with E-state index in [2.05, 4.69) is 43.6 Å². The molecule has 0 amide bonds. The van der Waals surface area contributed by atoms with Crippen molar-refractivity contribution in [1.29, 1.82) is 0 Å². The summed E-state index contributed by atoms with van der Waals surface area (Å²) in [5.74, 6) is 2.97. The highest BCUT2D eigenvalue weighted by molar-refractivity contribution is 5.75. The first-order valence-electron chi connectivity index (χ1n) is 12.2. The van der Waals surface area contributed by atoms with Gasteiger partial charge < -0.3 is 14.8 Å². The molecule has 1 saturated carbocycles. The molecule has 1 saturated heterocycles. The van der Waals surface area contributed by atoms with Gasteiger partial charge in [-0.3, -0.25) is 4.98 Å². The van der Waals surface area contributed by atoms with Crippen LogP contribution in [0.2, 0.25) is 0 Å². The highest BCUT2D eigenvalue weighted by Gasteiger charge is 2.44. The van der Waals surface area contributed by atoms with Crippen LogP contribution in [0.5, 0.6) is 5.75 Å². The third-order valence-corrected chi connectivity index (χ3v) is 7.13. The van der Waals surface area contributed by atoms with Crippen molar-refractivity contribution in [2.24, 2.45) is 5.41 Å². The van der Waals surface area contributed by atoms with Crippen LogP contribution in [0.25, 0.3) is 16.6 Å². The Morgan fingerprint density at radius 3 is 2.74 bits per heavy atom. The summed E-state index contributed by atoms with van der Waals surface area (Å²) in [6.45, 7) is 7.27. The van der Waals surface area contributed by atoms with E-state index < -0.39 is 0 Å². The van der Waals surface area contributed by atoms with Gasteiger partial charge in [0.25, 0.3) is 0 Å². The molecule has 1 aliphatic heterocycles. The first-order chi connectivity index (χ1) is 16.9. The van der Waals surface area contributed by atoms with Crippen LogP contribution in [-0.4, -0.2) is 43.9 Å². The summed E-state index contributed by atoms with van der Waals surface area (Å²) in [5, 5.41) is 7.93. The molecule has 8 nitrogen and oxygen atoms in total. The number of aryl methyl sites for hydroxylation is 3. The fraction of sp³-hybridized carbons (Fsp3) is 0.407. The highest BCUT2D eigenvalue weighted by atomic mass is 16.5. The maximum Gasteiger partial charge on any atom is 0.154 e. The standard InChI is InChI=1S/C27H30N6O2/c1-17-9-23(24(14-28-17)34-15-22-13-27(16-35-22)6-4-7-27)20-5-8-33-21(11-20)12-26(32-33)31-25-10-18(2)29-19(3)30-25/h5,8-12,14,22H,4,6-7,13,15-16H2,1-3H3,(H,29,30,31,32)/t22-/m0/s1. The molecular weight excluding hydrogens is 440 g/mol. The lowest BCUT2D eigenvalue weighted by Gasteiger charge is -2.36. The van der Waals surface area contributed by atoms with Crippen LogP contribution in [0.3, 0.4) is 0 Å². The minimum absolute atomic E-state index is 0.157. The molecule has 180 valence electrons. The van der Waals surface area contributed by atoms with Crippen LogP contribution in [-0.2, 0) is 4.74 Å². The first-order valence-corrected chi connectivity index (χ1v) is 12.2.